The average molecular weight is 412 g/mol. The zero-order chi connectivity index (χ0) is 20.8. The maximum Gasteiger partial charge on any atom is 0.237 e. The number of aryl methyl sites for hydroxylation is 2. The van der Waals surface area contributed by atoms with E-state index in [1.54, 1.807) is 32.4 Å². The van der Waals surface area contributed by atoms with Crippen molar-refractivity contribution in [2.45, 2.75) is 49.3 Å². The van der Waals surface area contributed by atoms with Gasteiger partial charge in [0.15, 0.2) is 0 Å². The number of anilines is 1. The molecule has 1 amide bonds. The highest BCUT2D eigenvalue weighted by Gasteiger charge is 2.23. The van der Waals surface area contributed by atoms with Crippen LogP contribution in [0.3, 0.4) is 0 Å². The summed E-state index contributed by atoms with van der Waals surface area (Å²) >= 11 is 1.35. The smallest absolute Gasteiger partial charge is 0.237 e. The minimum atomic E-state index is -0.367. The monoisotopic (exact) mass is 411 g/mol. The Morgan fingerprint density at radius 1 is 1.21 bits per heavy atom. The summed E-state index contributed by atoms with van der Waals surface area (Å²) in [4.78, 5) is 17.6. The number of benzene rings is 1. The summed E-state index contributed by atoms with van der Waals surface area (Å²) in [5.41, 5.74) is 3.37. The summed E-state index contributed by atoms with van der Waals surface area (Å²) in [7, 11) is 3.13. The van der Waals surface area contributed by atoms with Gasteiger partial charge in [0.05, 0.1) is 25.0 Å². The SMILES string of the molecule is CCC(Sc1nc2c(cc1C#N)CCCC2)C(=O)Nc1cc(OC)cc(OC)c1. The molecule has 1 unspecified atom stereocenters. The Bertz CT molecular complexity index is 917. The van der Waals surface area contributed by atoms with Crippen LogP contribution in [0.25, 0.3) is 0 Å². The molecule has 152 valence electrons. The van der Waals surface area contributed by atoms with E-state index in [1.165, 1.54) is 11.8 Å². The third-order valence-electron chi connectivity index (χ3n) is 4.92. The van der Waals surface area contributed by atoms with Gasteiger partial charge < -0.3 is 14.8 Å². The second-order valence-corrected chi connectivity index (χ2v) is 8.06. The van der Waals surface area contributed by atoms with Gasteiger partial charge in [-0.15, -0.1) is 0 Å². The van der Waals surface area contributed by atoms with Gasteiger partial charge in [0.25, 0.3) is 0 Å². The van der Waals surface area contributed by atoms with E-state index in [-0.39, 0.29) is 11.2 Å². The summed E-state index contributed by atoms with van der Waals surface area (Å²) in [6, 6.07) is 9.43. The second-order valence-electron chi connectivity index (χ2n) is 6.87. The topological polar surface area (TPSA) is 84.2 Å². The van der Waals surface area contributed by atoms with Crippen LogP contribution in [0.5, 0.6) is 11.5 Å². The molecule has 0 saturated carbocycles. The zero-order valence-corrected chi connectivity index (χ0v) is 17.8. The predicted octanol–water partition coefficient (Wildman–Crippen LogP) is 4.36. The van der Waals surface area contributed by atoms with Crippen LogP contribution in [0.2, 0.25) is 0 Å². The maximum atomic E-state index is 12.9. The highest BCUT2D eigenvalue weighted by molar-refractivity contribution is 8.00. The Balaban J connectivity index is 1.80. The molecule has 0 radical (unpaired) electrons. The lowest BCUT2D eigenvalue weighted by atomic mass is 9.95. The van der Waals surface area contributed by atoms with E-state index in [0.29, 0.717) is 34.2 Å². The van der Waals surface area contributed by atoms with Gasteiger partial charge in [0.2, 0.25) is 5.91 Å². The van der Waals surface area contributed by atoms with Crippen molar-refractivity contribution in [1.29, 1.82) is 5.26 Å². The highest BCUT2D eigenvalue weighted by Crippen LogP contribution is 2.32. The molecule has 1 aromatic carbocycles. The van der Waals surface area contributed by atoms with Crippen LogP contribution in [-0.2, 0) is 17.6 Å². The van der Waals surface area contributed by atoms with Gasteiger partial charge in [-0.2, -0.15) is 5.26 Å². The first kappa shape index (κ1) is 21.0. The number of fused-ring (bicyclic) bond motifs is 1. The van der Waals surface area contributed by atoms with E-state index in [1.807, 2.05) is 13.0 Å². The molecule has 0 fully saturated rings. The normalized spacial score (nSPS) is 13.7. The van der Waals surface area contributed by atoms with E-state index < -0.39 is 0 Å². The van der Waals surface area contributed by atoms with Crippen LogP contribution >= 0.6 is 11.8 Å². The molecule has 0 spiro atoms. The Labute approximate surface area is 175 Å². The highest BCUT2D eigenvalue weighted by atomic mass is 32.2. The number of hydrogen-bond acceptors (Lipinski definition) is 6. The van der Waals surface area contributed by atoms with Crippen LogP contribution in [0.15, 0.2) is 29.3 Å². The number of amides is 1. The molecule has 0 saturated heterocycles. The average Bonchev–Trinajstić information content (AvgIpc) is 2.76. The number of aromatic nitrogens is 1. The molecule has 1 aliphatic carbocycles. The van der Waals surface area contributed by atoms with E-state index in [9.17, 15) is 10.1 Å². The zero-order valence-electron chi connectivity index (χ0n) is 16.9. The molecule has 1 heterocycles. The number of thioether (sulfide) groups is 1. The summed E-state index contributed by atoms with van der Waals surface area (Å²) in [5.74, 6) is 1.06. The van der Waals surface area contributed by atoms with E-state index in [0.717, 1.165) is 36.9 Å². The first-order chi connectivity index (χ1) is 14.1. The van der Waals surface area contributed by atoms with Gasteiger partial charge in [0.1, 0.15) is 22.6 Å². The second kappa shape index (κ2) is 9.66. The van der Waals surface area contributed by atoms with Crippen molar-refractivity contribution in [3.63, 3.8) is 0 Å². The Hall–Kier alpha value is -2.72. The largest absolute Gasteiger partial charge is 0.497 e. The minimum absolute atomic E-state index is 0.142. The van der Waals surface area contributed by atoms with Crippen LogP contribution in [-0.4, -0.2) is 30.4 Å². The Morgan fingerprint density at radius 2 is 1.90 bits per heavy atom. The summed E-state index contributed by atoms with van der Waals surface area (Å²) < 4.78 is 10.5. The summed E-state index contributed by atoms with van der Waals surface area (Å²) in [5, 5.41) is 12.8. The van der Waals surface area contributed by atoms with Crippen LogP contribution in [0.1, 0.15) is 43.0 Å². The van der Waals surface area contributed by atoms with E-state index >= 15 is 0 Å². The van der Waals surface area contributed by atoms with Crippen molar-refractivity contribution in [3.05, 3.63) is 41.1 Å². The first-order valence-electron chi connectivity index (χ1n) is 9.71. The number of carbonyl (C=O) groups is 1. The minimum Gasteiger partial charge on any atom is -0.497 e. The third kappa shape index (κ3) is 5.01. The standard InChI is InChI=1S/C22H25N3O3S/c1-4-20(21(26)24-16-10-17(27-2)12-18(11-16)28-3)29-22-15(13-23)9-14-7-5-6-8-19(14)25-22/h9-12,20H,4-8H2,1-3H3,(H,24,26). The maximum absolute atomic E-state index is 12.9. The van der Waals surface area contributed by atoms with Crippen LogP contribution in [0.4, 0.5) is 5.69 Å². The van der Waals surface area contributed by atoms with Gasteiger partial charge in [-0.1, -0.05) is 18.7 Å². The van der Waals surface area contributed by atoms with Crippen molar-refractivity contribution < 1.29 is 14.3 Å². The molecular weight excluding hydrogens is 386 g/mol. The number of nitriles is 1. The first-order valence-corrected chi connectivity index (χ1v) is 10.6. The summed E-state index contributed by atoms with van der Waals surface area (Å²) in [6.45, 7) is 1.95. The fraction of sp³-hybridized carbons (Fsp3) is 0.409. The Morgan fingerprint density at radius 3 is 2.52 bits per heavy atom. The van der Waals surface area contributed by atoms with E-state index in [4.69, 9.17) is 14.5 Å². The molecule has 1 N–H and O–H groups in total. The van der Waals surface area contributed by atoms with Crippen LogP contribution in [0, 0.1) is 11.3 Å². The molecule has 2 aromatic rings. The molecule has 1 atom stereocenters. The predicted molar refractivity (Wildman–Crippen MR) is 114 cm³/mol. The van der Waals surface area contributed by atoms with Crippen molar-refractivity contribution in [1.82, 2.24) is 4.98 Å². The number of nitrogens with zero attached hydrogens (tertiary/aromatic N) is 2. The number of carbonyl (C=O) groups excluding carboxylic acids is 1. The number of rotatable bonds is 7. The number of methoxy groups -OCH3 is 2. The van der Waals surface area contributed by atoms with Gasteiger partial charge in [-0.05, 0) is 43.7 Å². The Kier molecular flexibility index (Phi) is 6.99. The van der Waals surface area contributed by atoms with E-state index in [2.05, 4.69) is 11.4 Å². The fourth-order valence-electron chi connectivity index (χ4n) is 3.34. The molecule has 0 bridgehead atoms. The third-order valence-corrected chi connectivity index (χ3v) is 6.29. The lowest BCUT2D eigenvalue weighted by molar-refractivity contribution is -0.115. The molecule has 7 heteroatoms. The quantitative estimate of drug-likeness (QED) is 0.682. The van der Waals surface area contributed by atoms with Crippen LogP contribution < -0.4 is 14.8 Å². The number of pyridine rings is 1. The molecule has 29 heavy (non-hydrogen) atoms. The fourth-order valence-corrected chi connectivity index (χ4v) is 4.34. The molecule has 1 aliphatic rings. The lowest BCUT2D eigenvalue weighted by Crippen LogP contribution is -2.25. The summed E-state index contributed by atoms with van der Waals surface area (Å²) in [6.07, 6.45) is 4.77. The van der Waals surface area contributed by atoms with Crippen molar-refractivity contribution >= 4 is 23.4 Å². The van der Waals surface area contributed by atoms with Gasteiger partial charge >= 0.3 is 0 Å². The van der Waals surface area contributed by atoms with Crippen molar-refractivity contribution in [2.75, 3.05) is 19.5 Å². The van der Waals surface area contributed by atoms with Crippen molar-refractivity contribution in [2.24, 2.45) is 0 Å². The molecule has 3 rings (SSSR count). The number of ether oxygens (including phenoxy) is 2. The number of nitrogens with one attached hydrogen (secondary N) is 1. The van der Waals surface area contributed by atoms with Gasteiger partial charge in [0, 0.05) is 29.6 Å². The van der Waals surface area contributed by atoms with Gasteiger partial charge in [-0.25, -0.2) is 4.98 Å². The molecule has 0 aliphatic heterocycles. The lowest BCUT2D eigenvalue weighted by Gasteiger charge is -2.19. The molecule has 6 nitrogen and oxygen atoms in total. The number of hydrogen-bond donors (Lipinski definition) is 1. The molecule has 1 aromatic heterocycles. The van der Waals surface area contributed by atoms with Crippen molar-refractivity contribution in [3.8, 4) is 17.6 Å². The molecular formula is C22H25N3O3S. The van der Waals surface area contributed by atoms with Gasteiger partial charge in [-0.3, -0.25) is 4.79 Å².